The molecule has 1 N–H and O–H groups in total. The van der Waals surface area contributed by atoms with E-state index >= 15 is 0 Å². The van der Waals surface area contributed by atoms with Crippen LogP contribution in [0.25, 0.3) is 5.69 Å². The zero-order valence-electron chi connectivity index (χ0n) is 15.1. The van der Waals surface area contributed by atoms with E-state index in [1.54, 1.807) is 15.8 Å². The summed E-state index contributed by atoms with van der Waals surface area (Å²) in [6, 6.07) is 9.21. The molecule has 0 saturated carbocycles. The highest BCUT2D eigenvalue weighted by Gasteiger charge is 2.37. The van der Waals surface area contributed by atoms with Crippen molar-refractivity contribution in [2.75, 3.05) is 19.6 Å². The van der Waals surface area contributed by atoms with Crippen LogP contribution in [0, 0.1) is 6.92 Å². The van der Waals surface area contributed by atoms with E-state index in [1.165, 1.54) is 4.90 Å². The molecule has 2 aliphatic heterocycles. The van der Waals surface area contributed by atoms with Crippen molar-refractivity contribution in [2.45, 2.75) is 25.8 Å². The first kappa shape index (κ1) is 17.3. The third-order valence-corrected chi connectivity index (χ3v) is 5.24. The third-order valence-electron chi connectivity index (χ3n) is 5.24. The highest BCUT2D eigenvalue weighted by molar-refractivity contribution is 6.02. The van der Waals surface area contributed by atoms with Crippen LogP contribution in [0.2, 0.25) is 0 Å². The molecule has 140 valence electrons. The van der Waals surface area contributed by atoms with Crippen LogP contribution < -0.4 is 5.32 Å². The van der Waals surface area contributed by atoms with Crippen LogP contribution in [0.15, 0.2) is 36.5 Å². The Balaban J connectivity index is 1.45. The highest BCUT2D eigenvalue weighted by atomic mass is 16.2. The minimum Gasteiger partial charge on any atom is -0.338 e. The van der Waals surface area contributed by atoms with E-state index in [-0.39, 0.29) is 30.4 Å². The van der Waals surface area contributed by atoms with E-state index in [9.17, 15) is 14.4 Å². The van der Waals surface area contributed by atoms with Crippen molar-refractivity contribution in [2.24, 2.45) is 0 Å². The van der Waals surface area contributed by atoms with Gasteiger partial charge in [-0.3, -0.25) is 14.5 Å². The summed E-state index contributed by atoms with van der Waals surface area (Å²) in [7, 11) is 0. The molecule has 4 amide bonds. The van der Waals surface area contributed by atoms with E-state index in [0.29, 0.717) is 31.5 Å². The number of hydrogen-bond acceptors (Lipinski definition) is 4. The molecule has 3 heterocycles. The molecule has 1 aromatic carbocycles. The zero-order valence-corrected chi connectivity index (χ0v) is 15.1. The van der Waals surface area contributed by atoms with Gasteiger partial charge in [0.2, 0.25) is 5.91 Å². The Kier molecular flexibility index (Phi) is 4.39. The number of imide groups is 1. The first-order chi connectivity index (χ1) is 13.1. The molecule has 0 bridgehead atoms. The number of hydrogen-bond donors (Lipinski definition) is 1. The maximum atomic E-state index is 12.9. The minimum atomic E-state index is -0.329. The third kappa shape index (κ3) is 3.07. The van der Waals surface area contributed by atoms with Gasteiger partial charge in [-0.1, -0.05) is 18.2 Å². The minimum absolute atomic E-state index is 0.0645. The molecule has 0 aliphatic carbocycles. The lowest BCUT2D eigenvalue weighted by atomic mass is 10.0. The van der Waals surface area contributed by atoms with E-state index in [4.69, 9.17) is 0 Å². The molecule has 1 aromatic heterocycles. The van der Waals surface area contributed by atoms with Gasteiger partial charge in [-0.15, -0.1) is 0 Å². The van der Waals surface area contributed by atoms with Crippen LogP contribution >= 0.6 is 0 Å². The van der Waals surface area contributed by atoms with Crippen LogP contribution in [0.3, 0.4) is 0 Å². The molecule has 8 heteroatoms. The van der Waals surface area contributed by atoms with Gasteiger partial charge >= 0.3 is 6.03 Å². The number of amides is 4. The van der Waals surface area contributed by atoms with E-state index < -0.39 is 0 Å². The fourth-order valence-corrected chi connectivity index (χ4v) is 3.75. The monoisotopic (exact) mass is 367 g/mol. The molecule has 2 aliphatic rings. The Morgan fingerprint density at radius 2 is 1.85 bits per heavy atom. The Morgan fingerprint density at radius 3 is 2.48 bits per heavy atom. The summed E-state index contributed by atoms with van der Waals surface area (Å²) < 4.78 is 1.76. The number of nitrogens with zero attached hydrogens (tertiary/aromatic N) is 4. The average molecular weight is 367 g/mol. The summed E-state index contributed by atoms with van der Waals surface area (Å²) >= 11 is 0. The summed E-state index contributed by atoms with van der Waals surface area (Å²) in [6.45, 7) is 2.97. The van der Waals surface area contributed by atoms with Gasteiger partial charge in [-0.25, -0.2) is 9.48 Å². The van der Waals surface area contributed by atoms with Gasteiger partial charge in [-0.05, 0) is 31.9 Å². The number of carbonyl (C=O) groups excluding carboxylic acids is 3. The number of urea groups is 1. The van der Waals surface area contributed by atoms with E-state index in [0.717, 1.165) is 11.4 Å². The molecule has 2 saturated heterocycles. The second-order valence-electron chi connectivity index (χ2n) is 6.84. The van der Waals surface area contributed by atoms with Gasteiger partial charge in [0.15, 0.2) is 0 Å². The van der Waals surface area contributed by atoms with Crippen LogP contribution in [-0.2, 0) is 4.79 Å². The largest absolute Gasteiger partial charge is 0.338 e. The second kappa shape index (κ2) is 6.86. The first-order valence-corrected chi connectivity index (χ1v) is 9.05. The number of benzene rings is 1. The average Bonchev–Trinajstić information content (AvgIpc) is 3.24. The Hall–Kier alpha value is -3.16. The summed E-state index contributed by atoms with van der Waals surface area (Å²) in [5.41, 5.74) is 2.28. The molecule has 4 rings (SSSR count). The zero-order chi connectivity index (χ0) is 19.0. The quantitative estimate of drug-likeness (QED) is 0.830. The normalized spacial score (nSPS) is 18.1. The lowest BCUT2D eigenvalue weighted by molar-refractivity contribution is -0.127. The van der Waals surface area contributed by atoms with E-state index in [1.807, 2.05) is 37.3 Å². The summed E-state index contributed by atoms with van der Waals surface area (Å²) in [6.07, 6.45) is 2.79. The van der Waals surface area contributed by atoms with E-state index in [2.05, 4.69) is 10.4 Å². The van der Waals surface area contributed by atoms with Crippen molar-refractivity contribution in [1.82, 2.24) is 24.9 Å². The number of nitrogens with one attached hydrogen (secondary N) is 1. The SMILES string of the molecule is Cc1c(C(=O)N2CCC(N3C(=O)CNC3=O)CC2)cnn1-c1ccccc1. The molecule has 0 atom stereocenters. The fraction of sp³-hybridized carbons (Fsp3) is 0.368. The summed E-state index contributed by atoms with van der Waals surface area (Å²) in [5.74, 6) is -0.255. The topological polar surface area (TPSA) is 87.5 Å². The number of likely N-dealkylation sites (tertiary alicyclic amines) is 1. The standard InChI is InChI=1S/C19H21N5O3/c1-13-16(11-21-24(13)15-5-3-2-4-6-15)18(26)22-9-7-14(8-10-22)23-17(25)12-20-19(23)27/h2-6,11,14H,7-10,12H2,1H3,(H,20,27). The molecular formula is C19H21N5O3. The predicted molar refractivity (Wildman–Crippen MR) is 97.5 cm³/mol. The second-order valence-corrected chi connectivity index (χ2v) is 6.84. The molecular weight excluding hydrogens is 346 g/mol. The number of piperidine rings is 1. The maximum Gasteiger partial charge on any atom is 0.324 e. The van der Waals surface area contributed by atoms with Crippen molar-refractivity contribution in [3.63, 3.8) is 0 Å². The molecule has 0 radical (unpaired) electrons. The first-order valence-electron chi connectivity index (χ1n) is 9.05. The highest BCUT2D eigenvalue weighted by Crippen LogP contribution is 2.22. The van der Waals surface area contributed by atoms with Crippen LogP contribution in [-0.4, -0.2) is 63.1 Å². The van der Waals surface area contributed by atoms with Crippen LogP contribution in [0.1, 0.15) is 28.9 Å². The van der Waals surface area contributed by atoms with Gasteiger partial charge in [0.25, 0.3) is 5.91 Å². The Labute approximate surface area is 156 Å². The summed E-state index contributed by atoms with van der Waals surface area (Å²) in [5, 5.41) is 6.91. The molecule has 2 aromatic rings. The molecule has 8 nitrogen and oxygen atoms in total. The van der Waals surface area contributed by atoms with Gasteiger partial charge in [0.05, 0.1) is 29.7 Å². The van der Waals surface area contributed by atoms with Crippen molar-refractivity contribution in [3.8, 4) is 5.69 Å². The van der Waals surface area contributed by atoms with Crippen molar-refractivity contribution < 1.29 is 14.4 Å². The number of aromatic nitrogens is 2. The van der Waals surface area contributed by atoms with Crippen LogP contribution in [0.5, 0.6) is 0 Å². The predicted octanol–water partition coefficient (Wildman–Crippen LogP) is 1.34. The van der Waals surface area contributed by atoms with Crippen LogP contribution in [0.4, 0.5) is 4.79 Å². The van der Waals surface area contributed by atoms with Crippen molar-refractivity contribution in [1.29, 1.82) is 0 Å². The number of carbonyl (C=O) groups is 3. The van der Waals surface area contributed by atoms with Crippen molar-refractivity contribution in [3.05, 3.63) is 47.8 Å². The smallest absolute Gasteiger partial charge is 0.324 e. The molecule has 2 fully saturated rings. The van der Waals surface area contributed by atoms with Gasteiger partial charge in [-0.2, -0.15) is 5.10 Å². The number of para-hydroxylation sites is 1. The lowest BCUT2D eigenvalue weighted by Gasteiger charge is -2.35. The lowest BCUT2D eigenvalue weighted by Crippen LogP contribution is -2.49. The summed E-state index contributed by atoms with van der Waals surface area (Å²) in [4.78, 5) is 39.7. The van der Waals surface area contributed by atoms with Gasteiger partial charge in [0.1, 0.15) is 0 Å². The molecule has 0 unspecified atom stereocenters. The van der Waals surface area contributed by atoms with Gasteiger partial charge in [0, 0.05) is 19.1 Å². The Morgan fingerprint density at radius 1 is 1.15 bits per heavy atom. The molecule has 0 spiro atoms. The van der Waals surface area contributed by atoms with Crippen molar-refractivity contribution >= 4 is 17.8 Å². The maximum absolute atomic E-state index is 12.9. The number of rotatable bonds is 3. The fourth-order valence-electron chi connectivity index (χ4n) is 3.75. The molecule has 27 heavy (non-hydrogen) atoms. The Bertz CT molecular complexity index is 868. The van der Waals surface area contributed by atoms with Gasteiger partial charge < -0.3 is 10.2 Å².